The molecule has 88 valence electrons. The van der Waals surface area contributed by atoms with Crippen LogP contribution in [0.4, 0.5) is 0 Å². The normalized spacial score (nSPS) is 8.62. The van der Waals surface area contributed by atoms with Gasteiger partial charge in [0, 0.05) is 0 Å². The van der Waals surface area contributed by atoms with Crippen LogP contribution in [0, 0.1) is 0 Å². The number of ketones is 4. The van der Waals surface area contributed by atoms with Crippen LogP contribution in [0.5, 0.6) is 0 Å². The molecule has 16 heavy (non-hydrogen) atoms. The van der Waals surface area contributed by atoms with E-state index in [-0.39, 0.29) is 41.5 Å². The van der Waals surface area contributed by atoms with Crippen molar-refractivity contribution in [3.8, 4) is 0 Å². The van der Waals surface area contributed by atoms with E-state index in [2.05, 4.69) is 0 Å². The molecule has 0 heterocycles. The zero-order valence-electron chi connectivity index (χ0n) is 9.37. The maximum absolute atomic E-state index is 11.1. The zero-order chi connectivity index (χ0) is 11.8. The van der Waals surface area contributed by atoms with Crippen molar-refractivity contribution in [2.24, 2.45) is 0 Å². The molecule has 0 rings (SSSR count). The first-order valence-electron chi connectivity index (χ1n) is 4.64. The molecule has 0 aliphatic rings. The summed E-state index contributed by atoms with van der Waals surface area (Å²) in [6, 6.07) is 0. The van der Waals surface area contributed by atoms with E-state index in [1.165, 1.54) is 13.8 Å². The van der Waals surface area contributed by atoms with Gasteiger partial charge in [-0.1, -0.05) is 0 Å². The molecule has 0 aromatic rings. The first kappa shape index (κ1) is 17.7. The van der Waals surface area contributed by atoms with Gasteiger partial charge in [-0.05, 0) is 0 Å². The summed E-state index contributed by atoms with van der Waals surface area (Å²) in [5.74, 6) is -0.445. The molecule has 0 aliphatic heterocycles. The number of rotatable bonds is 8. The van der Waals surface area contributed by atoms with Gasteiger partial charge in [0.1, 0.15) is 0 Å². The van der Waals surface area contributed by atoms with E-state index in [0.717, 1.165) is 0 Å². The molecule has 0 N–H and O–H groups in total. The summed E-state index contributed by atoms with van der Waals surface area (Å²) in [6.45, 7) is 2.75. The maximum atomic E-state index is 11.1. The van der Waals surface area contributed by atoms with E-state index in [9.17, 15) is 19.2 Å². The molecule has 0 fully saturated rings. The van der Waals surface area contributed by atoms with Crippen LogP contribution < -0.4 is 0 Å². The van der Waals surface area contributed by atoms with Crippen molar-refractivity contribution >= 4 is 23.1 Å². The molecule has 0 aliphatic carbocycles. The van der Waals surface area contributed by atoms with Gasteiger partial charge in [-0.15, -0.1) is 0 Å². The van der Waals surface area contributed by atoms with Crippen molar-refractivity contribution in [2.75, 3.05) is 0 Å². The number of hydrogen-bond acceptors (Lipinski definition) is 4. The second-order valence-corrected chi connectivity index (χ2v) is 5.32. The van der Waals surface area contributed by atoms with Crippen LogP contribution in [-0.4, -0.2) is 23.1 Å². The van der Waals surface area contributed by atoms with Crippen molar-refractivity contribution < 1.29 is 43.8 Å². The molecule has 0 atom stereocenters. The summed E-state index contributed by atoms with van der Waals surface area (Å²) in [7, 11) is 0. The van der Waals surface area contributed by atoms with E-state index < -0.39 is 19.2 Å². The fraction of sp³-hybridized carbons (Fsp3) is 0.600. The minimum absolute atomic E-state index is 0. The molecule has 0 amide bonds. The van der Waals surface area contributed by atoms with Gasteiger partial charge in [0.2, 0.25) is 0 Å². The fourth-order valence-electron chi connectivity index (χ4n) is 1.02. The Bertz CT molecular complexity index is 257. The summed E-state index contributed by atoms with van der Waals surface area (Å²) < 4.78 is 0.729. The fourth-order valence-corrected chi connectivity index (χ4v) is 2.48. The van der Waals surface area contributed by atoms with Gasteiger partial charge in [0.05, 0.1) is 0 Å². The Hall–Kier alpha value is -0.646. The van der Waals surface area contributed by atoms with E-state index in [1.54, 1.807) is 0 Å². The molecule has 0 spiro atoms. The maximum Gasteiger partial charge on any atom is -2.00 e. The first-order chi connectivity index (χ1) is 6.91. The molecular weight excluding hydrogens is 248 g/mol. The molecule has 0 saturated heterocycles. The Kier molecular flexibility index (Phi) is 10.6. The van der Waals surface area contributed by atoms with Crippen molar-refractivity contribution in [1.82, 2.24) is 0 Å². The van der Waals surface area contributed by atoms with Gasteiger partial charge in [-0.25, -0.2) is 0 Å². The van der Waals surface area contributed by atoms with Gasteiger partial charge in [0.15, 0.2) is 0 Å². The predicted molar refractivity (Wildman–Crippen MR) is 50.9 cm³/mol. The molecule has 0 bridgehead atoms. The number of hydrogen-bond donors (Lipinski definition) is 0. The van der Waals surface area contributed by atoms with Gasteiger partial charge in [-0.2, -0.15) is 0 Å². The molecule has 6 heteroatoms. The largest absolute Gasteiger partial charge is 2.00 e. The summed E-state index contributed by atoms with van der Waals surface area (Å²) in [5, 5.41) is 0. The van der Waals surface area contributed by atoms with E-state index >= 15 is 0 Å². The standard InChI is InChI=1S/2C5H7O2.O.Ti/c2*1-4(6)3-5(2)7;;/h2*1,3H2,2H3;;/q;;-2;+2. The molecular formula is C10H14O5Ti. The Labute approximate surface area is 103 Å². The molecule has 0 unspecified atom stereocenters. The second kappa shape index (κ2) is 9.57. The molecule has 0 aromatic carbocycles. The third kappa shape index (κ3) is 11.4. The van der Waals surface area contributed by atoms with Crippen LogP contribution in [0.2, 0.25) is 9.45 Å². The Morgan fingerprint density at radius 1 is 0.812 bits per heavy atom. The third-order valence-corrected chi connectivity index (χ3v) is 3.55. The minimum Gasteiger partial charge on any atom is -2.00 e. The quantitative estimate of drug-likeness (QED) is 0.479. The first-order valence-corrected chi connectivity index (χ1v) is 6.85. The molecule has 0 radical (unpaired) electrons. The SMILES string of the molecule is CC(=O)CC(=O)[CH2][Ti+2][CH2]C(=O)CC(C)=O.[O-2]. The third-order valence-electron chi connectivity index (χ3n) is 1.54. The summed E-state index contributed by atoms with van der Waals surface area (Å²) in [6.07, 6.45) is -0.0468. The Balaban J connectivity index is 0. The van der Waals surface area contributed by atoms with Gasteiger partial charge in [0.25, 0.3) is 0 Å². The van der Waals surface area contributed by atoms with Crippen molar-refractivity contribution in [3.05, 3.63) is 0 Å². The van der Waals surface area contributed by atoms with Gasteiger partial charge < -0.3 is 5.48 Å². The van der Waals surface area contributed by atoms with Crippen LogP contribution in [0.3, 0.4) is 0 Å². The zero-order valence-corrected chi connectivity index (χ0v) is 10.9. The van der Waals surface area contributed by atoms with E-state index in [0.29, 0.717) is 9.45 Å². The summed E-state index contributed by atoms with van der Waals surface area (Å²) >= 11 is -0.653. The van der Waals surface area contributed by atoms with Crippen LogP contribution in [0.15, 0.2) is 0 Å². The van der Waals surface area contributed by atoms with Gasteiger partial charge in [-0.3, -0.25) is 0 Å². The second-order valence-electron chi connectivity index (χ2n) is 3.44. The number of carbonyl (C=O) groups is 4. The topological polar surface area (TPSA) is 96.8 Å². The van der Waals surface area contributed by atoms with E-state index in [4.69, 9.17) is 0 Å². The number of Topliss-reactive ketones (excluding diaryl/α,β-unsaturated/α-hetero) is 4. The Morgan fingerprint density at radius 3 is 1.38 bits per heavy atom. The minimum atomic E-state index is -0.653. The average Bonchev–Trinajstić information content (AvgIpc) is 2.00. The summed E-state index contributed by atoms with van der Waals surface area (Å²) in [5.41, 5.74) is 0. The molecule has 0 saturated carbocycles. The monoisotopic (exact) mass is 262 g/mol. The number of carbonyl (C=O) groups excluding carboxylic acids is 4. The van der Waals surface area contributed by atoms with Crippen LogP contribution in [0.1, 0.15) is 26.7 Å². The van der Waals surface area contributed by atoms with Gasteiger partial charge >= 0.3 is 97.6 Å². The van der Waals surface area contributed by atoms with E-state index in [1.807, 2.05) is 0 Å². The van der Waals surface area contributed by atoms with Crippen LogP contribution in [0.25, 0.3) is 0 Å². The van der Waals surface area contributed by atoms with Crippen molar-refractivity contribution in [3.63, 3.8) is 0 Å². The van der Waals surface area contributed by atoms with Crippen molar-refractivity contribution in [1.29, 1.82) is 0 Å². The van der Waals surface area contributed by atoms with Crippen molar-refractivity contribution in [2.45, 2.75) is 36.1 Å². The average molecular weight is 262 g/mol. The summed E-state index contributed by atoms with van der Waals surface area (Å²) in [4.78, 5) is 43.3. The Morgan fingerprint density at radius 2 is 1.12 bits per heavy atom. The molecule has 5 nitrogen and oxygen atoms in total. The van der Waals surface area contributed by atoms with Crippen LogP contribution >= 0.6 is 0 Å². The molecule has 0 aromatic heterocycles. The predicted octanol–water partition coefficient (Wildman–Crippen LogP) is 0.883. The van der Waals surface area contributed by atoms with Crippen LogP contribution in [-0.2, 0) is 43.8 Å². The smallest absolute Gasteiger partial charge is 2.00 e.